The molecule has 0 atom stereocenters. The average Bonchev–Trinajstić information content (AvgIpc) is 1.81. The van der Waals surface area contributed by atoms with Crippen LogP contribution in [0.25, 0.3) is 0 Å². The second-order valence-electron chi connectivity index (χ2n) is 1.77. The van der Waals surface area contributed by atoms with Crippen LogP contribution >= 0.6 is 0 Å². The van der Waals surface area contributed by atoms with Gasteiger partial charge in [-0.1, -0.05) is 0 Å². The summed E-state index contributed by atoms with van der Waals surface area (Å²) in [6, 6.07) is 0. The first kappa shape index (κ1) is 8.69. The quantitative estimate of drug-likeness (QED) is 0.317. The molecular weight excluding hydrogens is 213 g/mol. The van der Waals surface area contributed by atoms with Crippen LogP contribution in [-0.4, -0.2) is 23.0 Å². The van der Waals surface area contributed by atoms with Gasteiger partial charge in [-0.05, 0) is 0 Å². The van der Waals surface area contributed by atoms with Crippen molar-refractivity contribution < 1.29 is 21.2 Å². The van der Waals surface area contributed by atoms with Crippen LogP contribution in [0.2, 0.25) is 0 Å². The summed E-state index contributed by atoms with van der Waals surface area (Å²) >= 11 is 0.562. The fraction of sp³-hybridized carbons (Fsp3) is 1.00. The van der Waals surface area contributed by atoms with Gasteiger partial charge in [-0.3, -0.25) is 0 Å². The maximum atomic E-state index is 3.14. The van der Waals surface area contributed by atoms with Gasteiger partial charge in [0, 0.05) is 0 Å². The number of rotatable bonds is 5. The molecule has 0 bridgehead atoms. The van der Waals surface area contributed by atoms with Crippen LogP contribution in [0.1, 0.15) is 12.8 Å². The van der Waals surface area contributed by atoms with E-state index in [9.17, 15) is 0 Å². The van der Waals surface area contributed by atoms with E-state index in [0.29, 0.717) is 21.2 Å². The van der Waals surface area contributed by atoms with E-state index in [0.717, 1.165) is 0 Å². The Hall–Kier alpha value is 0.690. The van der Waals surface area contributed by atoms with E-state index in [-0.39, 0.29) is 0 Å². The van der Waals surface area contributed by atoms with E-state index in [1.807, 2.05) is 7.05 Å². The third-order valence-electron chi connectivity index (χ3n) is 0.999. The van der Waals surface area contributed by atoms with Gasteiger partial charge in [-0.2, -0.15) is 0 Å². The van der Waals surface area contributed by atoms with Gasteiger partial charge in [-0.15, -0.1) is 0 Å². The van der Waals surface area contributed by atoms with E-state index in [4.69, 9.17) is 0 Å². The summed E-state index contributed by atoms with van der Waals surface area (Å²) in [4.78, 5) is 2.35. The molecule has 8 heavy (non-hydrogen) atoms. The van der Waals surface area contributed by atoms with Crippen molar-refractivity contribution in [1.29, 1.82) is 0 Å². The van der Waals surface area contributed by atoms with Crippen LogP contribution in [0.3, 0.4) is 0 Å². The predicted octanol–water partition coefficient (Wildman–Crippen LogP) is -2.30. The van der Waals surface area contributed by atoms with E-state index in [1.54, 1.807) is 0 Å². The predicted molar refractivity (Wildman–Crippen MR) is 34.0 cm³/mol. The number of hydrogen-bond donors (Lipinski definition) is 1. The molecule has 0 radical (unpaired) electrons. The van der Waals surface area contributed by atoms with Crippen molar-refractivity contribution in [3.63, 3.8) is 0 Å². The minimum atomic E-state index is 0.562. The topological polar surface area (TPSA) is 12.0 Å². The number of nitrogens with one attached hydrogen (secondary N) is 1. The van der Waals surface area contributed by atoms with Crippen molar-refractivity contribution in [3.05, 3.63) is 0 Å². The molecule has 0 aromatic heterocycles. The molecule has 0 aromatic rings. The number of halogens is 1. The molecule has 0 aromatic carbocycles. The fourth-order valence-electron chi connectivity index (χ4n) is 0.530. The van der Waals surface area contributed by atoms with Gasteiger partial charge < -0.3 is 0 Å². The van der Waals surface area contributed by atoms with Crippen molar-refractivity contribution in [2.24, 2.45) is 0 Å². The van der Waals surface area contributed by atoms with Gasteiger partial charge >= 0.3 is 62.3 Å². The van der Waals surface area contributed by atoms with Gasteiger partial charge in [0.2, 0.25) is 0 Å². The van der Waals surface area contributed by atoms with Gasteiger partial charge in [0.15, 0.2) is 0 Å². The molecule has 0 heterocycles. The molecule has 0 rings (SSSR count). The van der Waals surface area contributed by atoms with E-state index >= 15 is 0 Å². The second kappa shape index (κ2) is 7.69. The molecule has 0 saturated heterocycles. The number of hydrogen-bond acceptors (Lipinski definition) is 1. The molecule has 0 aliphatic rings. The Bertz CT molecular complexity index is 33.5. The van der Waals surface area contributed by atoms with Crippen LogP contribution in [0.5, 0.6) is 0 Å². The van der Waals surface area contributed by atoms with E-state index < -0.39 is 0 Å². The SMILES string of the molecule is CNCCCC[I-]C. The molecule has 0 unspecified atom stereocenters. The van der Waals surface area contributed by atoms with E-state index in [1.165, 1.54) is 23.8 Å². The normalized spacial score (nSPS) is 10.2. The summed E-state index contributed by atoms with van der Waals surface area (Å²) in [6.45, 7) is 1.20. The molecule has 1 N–H and O–H groups in total. The third-order valence-corrected chi connectivity index (χ3v) is 2.84. The summed E-state index contributed by atoms with van der Waals surface area (Å²) in [5.74, 6) is 0. The van der Waals surface area contributed by atoms with Crippen molar-refractivity contribution in [1.82, 2.24) is 5.32 Å². The van der Waals surface area contributed by atoms with Crippen LogP contribution in [-0.2, 0) is 0 Å². The van der Waals surface area contributed by atoms with Gasteiger partial charge in [0.1, 0.15) is 0 Å². The summed E-state index contributed by atoms with van der Waals surface area (Å²) in [7, 11) is 2.01. The summed E-state index contributed by atoms with van der Waals surface area (Å²) < 4.78 is 1.50. The first-order chi connectivity index (χ1) is 3.91. The van der Waals surface area contributed by atoms with Crippen LogP contribution in [0.4, 0.5) is 0 Å². The zero-order valence-corrected chi connectivity index (χ0v) is 7.86. The Balaban J connectivity index is 2.53. The van der Waals surface area contributed by atoms with Crippen LogP contribution < -0.4 is 26.5 Å². The Kier molecular flexibility index (Phi) is 8.35. The Labute approximate surface area is 62.5 Å². The molecule has 0 saturated carbocycles. The Morgan fingerprint density at radius 3 is 2.62 bits per heavy atom. The molecule has 0 aliphatic heterocycles. The number of alkyl halides is 2. The molecule has 0 aliphatic carbocycles. The fourth-order valence-corrected chi connectivity index (χ4v) is 1.83. The zero-order valence-electron chi connectivity index (χ0n) is 5.71. The molecular formula is C6H15IN-. The van der Waals surface area contributed by atoms with Crippen molar-refractivity contribution in [2.75, 3.05) is 23.0 Å². The Morgan fingerprint density at radius 1 is 1.38 bits per heavy atom. The molecule has 0 amide bonds. The Morgan fingerprint density at radius 2 is 2.12 bits per heavy atom. The third kappa shape index (κ3) is 6.69. The monoisotopic (exact) mass is 228 g/mol. The van der Waals surface area contributed by atoms with Crippen LogP contribution in [0, 0.1) is 0 Å². The van der Waals surface area contributed by atoms with Crippen molar-refractivity contribution in [3.8, 4) is 0 Å². The maximum absolute atomic E-state index is 3.14. The molecule has 0 fully saturated rings. The van der Waals surface area contributed by atoms with E-state index in [2.05, 4.69) is 10.2 Å². The van der Waals surface area contributed by atoms with Gasteiger partial charge in [0.25, 0.3) is 0 Å². The standard InChI is InChI=1S/C6H15IN/c1-7-5-3-4-6-8-2/h8H,3-6H2,1-2H3/q-1. The summed E-state index contributed by atoms with van der Waals surface area (Å²) in [5, 5.41) is 3.14. The van der Waals surface area contributed by atoms with Crippen LogP contribution in [0.15, 0.2) is 0 Å². The van der Waals surface area contributed by atoms with Crippen molar-refractivity contribution in [2.45, 2.75) is 12.8 Å². The molecule has 1 nitrogen and oxygen atoms in total. The second-order valence-corrected chi connectivity index (χ2v) is 4.37. The summed E-state index contributed by atoms with van der Waals surface area (Å²) in [6.07, 6.45) is 2.80. The van der Waals surface area contributed by atoms with Crippen molar-refractivity contribution >= 4 is 0 Å². The van der Waals surface area contributed by atoms with Gasteiger partial charge in [0.05, 0.1) is 0 Å². The average molecular weight is 228 g/mol. The first-order valence-electron chi connectivity index (χ1n) is 3.00. The minimum absolute atomic E-state index is 0.562. The summed E-state index contributed by atoms with van der Waals surface area (Å²) in [5.41, 5.74) is 0. The first-order valence-corrected chi connectivity index (χ1v) is 6.68. The molecule has 2 heteroatoms. The number of unbranched alkanes of at least 4 members (excludes halogenated alkanes) is 1. The zero-order chi connectivity index (χ0) is 6.24. The molecule has 52 valence electrons. The molecule has 0 spiro atoms. The van der Waals surface area contributed by atoms with Gasteiger partial charge in [-0.25, -0.2) is 0 Å².